The molecule has 0 bridgehead atoms. The monoisotopic (exact) mass is 452 g/mol. The molecule has 0 aliphatic rings. The third-order valence-electron chi connectivity index (χ3n) is 3.00. The number of nitrogens with zero attached hydrogens (tertiary/aromatic N) is 2. The molecule has 0 saturated carbocycles. The molecule has 118 valence electrons. The van der Waals surface area contributed by atoms with Crippen LogP contribution in [0.4, 0.5) is 4.39 Å². The van der Waals surface area contributed by atoms with E-state index in [0.717, 1.165) is 0 Å². The minimum absolute atomic E-state index is 0.238. The lowest BCUT2D eigenvalue weighted by Gasteiger charge is -2.14. The number of alkyl halides is 1. The van der Waals surface area contributed by atoms with Gasteiger partial charge in [0.15, 0.2) is 0 Å². The molecule has 1 aromatic carbocycles. The molecule has 8 heteroatoms. The van der Waals surface area contributed by atoms with Gasteiger partial charge in [-0.1, -0.05) is 33.6 Å². The summed E-state index contributed by atoms with van der Waals surface area (Å²) in [5.74, 6) is -0.988. The molecule has 1 aromatic heterocycles. The van der Waals surface area contributed by atoms with E-state index in [-0.39, 0.29) is 12.2 Å². The van der Waals surface area contributed by atoms with Crippen LogP contribution >= 0.6 is 43.5 Å². The first-order valence-electron chi connectivity index (χ1n) is 6.35. The number of aryl methyl sites for hydroxylation is 1. The standard InChI is InChI=1S/C14H12Br2ClFN2O2/c1-3-22-14(21)10-12(20(2)19-13(10)16)11(15)8-5-4-7(17)6-9(8)18/h4-6,11H,3H2,1-2H3. The molecule has 0 amide bonds. The third kappa shape index (κ3) is 3.36. The Kier molecular flexibility index (Phi) is 5.63. The lowest BCUT2D eigenvalue weighted by atomic mass is 10.1. The SMILES string of the molecule is CCOC(=O)c1c(Br)nn(C)c1C(Br)c1ccc(Cl)cc1F. The van der Waals surface area contributed by atoms with Crippen LogP contribution in [-0.4, -0.2) is 22.4 Å². The molecule has 0 radical (unpaired) electrons. The van der Waals surface area contributed by atoms with E-state index in [0.29, 0.717) is 20.9 Å². The number of hydrogen-bond acceptors (Lipinski definition) is 3. The van der Waals surface area contributed by atoms with Crippen molar-refractivity contribution in [1.82, 2.24) is 9.78 Å². The maximum Gasteiger partial charge on any atom is 0.342 e. The van der Waals surface area contributed by atoms with E-state index in [2.05, 4.69) is 37.0 Å². The molecule has 0 aliphatic heterocycles. The first-order chi connectivity index (χ1) is 10.4. The molecular formula is C14H12Br2ClFN2O2. The Labute approximate surface area is 148 Å². The van der Waals surface area contributed by atoms with E-state index in [4.69, 9.17) is 16.3 Å². The fraction of sp³-hybridized carbons (Fsp3) is 0.286. The Balaban J connectivity index is 2.54. The number of carbonyl (C=O) groups excluding carboxylic acids is 1. The lowest BCUT2D eigenvalue weighted by molar-refractivity contribution is 0.0524. The molecule has 2 rings (SSSR count). The molecular weight excluding hydrogens is 442 g/mol. The molecule has 22 heavy (non-hydrogen) atoms. The molecule has 1 heterocycles. The van der Waals surface area contributed by atoms with E-state index in [1.54, 1.807) is 26.1 Å². The molecule has 4 nitrogen and oxygen atoms in total. The van der Waals surface area contributed by atoms with Crippen LogP contribution in [0.3, 0.4) is 0 Å². The van der Waals surface area contributed by atoms with Gasteiger partial charge in [-0.15, -0.1) is 0 Å². The van der Waals surface area contributed by atoms with Crippen molar-refractivity contribution in [2.45, 2.75) is 11.8 Å². The van der Waals surface area contributed by atoms with Crippen LogP contribution in [-0.2, 0) is 11.8 Å². The second-order valence-electron chi connectivity index (χ2n) is 4.42. The zero-order chi connectivity index (χ0) is 16.4. The van der Waals surface area contributed by atoms with E-state index >= 15 is 0 Å². The highest BCUT2D eigenvalue weighted by molar-refractivity contribution is 9.10. The Morgan fingerprint density at radius 3 is 2.82 bits per heavy atom. The highest BCUT2D eigenvalue weighted by Gasteiger charge is 2.29. The van der Waals surface area contributed by atoms with Crippen molar-refractivity contribution in [1.29, 1.82) is 0 Å². The van der Waals surface area contributed by atoms with Crippen LogP contribution in [0.2, 0.25) is 5.02 Å². The van der Waals surface area contributed by atoms with Gasteiger partial charge < -0.3 is 4.74 Å². The number of rotatable bonds is 4. The topological polar surface area (TPSA) is 44.1 Å². The highest BCUT2D eigenvalue weighted by Crippen LogP contribution is 2.37. The minimum Gasteiger partial charge on any atom is -0.462 e. The molecule has 2 aromatic rings. The van der Waals surface area contributed by atoms with E-state index in [1.807, 2.05) is 0 Å². The predicted octanol–water partition coefficient (Wildman–Crippen LogP) is 4.64. The van der Waals surface area contributed by atoms with Gasteiger partial charge in [-0.25, -0.2) is 9.18 Å². The number of benzene rings is 1. The van der Waals surface area contributed by atoms with Gasteiger partial charge in [-0.3, -0.25) is 4.68 Å². The average Bonchev–Trinajstić information content (AvgIpc) is 2.73. The zero-order valence-electron chi connectivity index (χ0n) is 11.7. The van der Waals surface area contributed by atoms with E-state index in [9.17, 15) is 9.18 Å². The summed E-state index contributed by atoms with van der Waals surface area (Å²) in [7, 11) is 1.67. The van der Waals surface area contributed by atoms with Gasteiger partial charge in [-0.2, -0.15) is 5.10 Å². The Hall–Kier alpha value is -0.920. The largest absolute Gasteiger partial charge is 0.462 e. The van der Waals surface area contributed by atoms with Gasteiger partial charge >= 0.3 is 5.97 Å². The van der Waals surface area contributed by atoms with Crippen molar-refractivity contribution in [3.8, 4) is 0 Å². The molecule has 0 saturated heterocycles. The number of carbonyl (C=O) groups is 1. The quantitative estimate of drug-likeness (QED) is 0.500. The number of halogens is 4. The van der Waals surface area contributed by atoms with Crippen molar-refractivity contribution >= 4 is 49.4 Å². The van der Waals surface area contributed by atoms with Crippen LogP contribution in [0.5, 0.6) is 0 Å². The summed E-state index contributed by atoms with van der Waals surface area (Å²) in [6.45, 7) is 1.95. The fourth-order valence-corrected chi connectivity index (χ4v) is 3.70. The second kappa shape index (κ2) is 7.10. The van der Waals surface area contributed by atoms with Crippen molar-refractivity contribution in [2.75, 3.05) is 6.61 Å². The van der Waals surface area contributed by atoms with Crippen LogP contribution in [0, 0.1) is 5.82 Å². The summed E-state index contributed by atoms with van der Waals surface area (Å²) >= 11 is 12.4. The summed E-state index contributed by atoms with van der Waals surface area (Å²) in [5.41, 5.74) is 1.11. The zero-order valence-corrected chi connectivity index (χ0v) is 15.7. The third-order valence-corrected chi connectivity index (χ3v) is 4.72. The summed E-state index contributed by atoms with van der Waals surface area (Å²) in [4.78, 5) is 11.6. The van der Waals surface area contributed by atoms with Gasteiger partial charge in [0.1, 0.15) is 16.0 Å². The van der Waals surface area contributed by atoms with Crippen molar-refractivity contribution in [2.24, 2.45) is 7.05 Å². The van der Waals surface area contributed by atoms with Gasteiger partial charge in [-0.05, 0) is 35.0 Å². The van der Waals surface area contributed by atoms with Crippen molar-refractivity contribution < 1.29 is 13.9 Å². The smallest absolute Gasteiger partial charge is 0.342 e. The summed E-state index contributed by atoms with van der Waals surface area (Å²) in [5, 5.41) is 4.47. The maximum atomic E-state index is 14.1. The molecule has 0 spiro atoms. The minimum atomic E-state index is -0.576. The molecule has 1 atom stereocenters. The first kappa shape index (κ1) is 17.4. The van der Waals surface area contributed by atoms with Gasteiger partial charge in [0, 0.05) is 17.6 Å². The summed E-state index contributed by atoms with van der Waals surface area (Å²) < 4.78 is 21.0. The molecule has 1 unspecified atom stereocenters. The average molecular weight is 455 g/mol. The summed E-state index contributed by atoms with van der Waals surface area (Å²) in [6, 6.07) is 4.37. The number of aromatic nitrogens is 2. The molecule has 0 fully saturated rings. The first-order valence-corrected chi connectivity index (χ1v) is 8.44. The molecule has 0 N–H and O–H groups in total. The van der Waals surface area contributed by atoms with Crippen LogP contribution in [0.1, 0.15) is 33.4 Å². The lowest BCUT2D eigenvalue weighted by Crippen LogP contribution is -2.12. The highest BCUT2D eigenvalue weighted by atomic mass is 79.9. The maximum absolute atomic E-state index is 14.1. The number of esters is 1. The molecule has 0 aliphatic carbocycles. The van der Waals surface area contributed by atoms with E-state index in [1.165, 1.54) is 10.7 Å². The van der Waals surface area contributed by atoms with Crippen LogP contribution < -0.4 is 0 Å². The fourth-order valence-electron chi connectivity index (χ4n) is 2.04. The normalized spacial score (nSPS) is 12.3. The van der Waals surface area contributed by atoms with Crippen molar-refractivity contribution in [3.63, 3.8) is 0 Å². The summed E-state index contributed by atoms with van der Waals surface area (Å²) in [6.07, 6.45) is 0. The second-order valence-corrected chi connectivity index (χ2v) is 6.53. The van der Waals surface area contributed by atoms with Gasteiger partial charge in [0.05, 0.1) is 17.1 Å². The van der Waals surface area contributed by atoms with Crippen molar-refractivity contribution in [3.05, 3.63) is 50.5 Å². The Morgan fingerprint density at radius 2 is 2.23 bits per heavy atom. The van der Waals surface area contributed by atoms with Gasteiger partial charge in [0.25, 0.3) is 0 Å². The van der Waals surface area contributed by atoms with Crippen LogP contribution in [0.15, 0.2) is 22.8 Å². The Bertz CT molecular complexity index is 721. The van der Waals surface area contributed by atoms with Gasteiger partial charge in [0.2, 0.25) is 0 Å². The predicted molar refractivity (Wildman–Crippen MR) is 89.0 cm³/mol. The number of hydrogen-bond donors (Lipinski definition) is 0. The van der Waals surface area contributed by atoms with E-state index < -0.39 is 16.6 Å². The number of ether oxygens (including phenoxy) is 1. The Morgan fingerprint density at radius 1 is 1.55 bits per heavy atom. The van der Waals surface area contributed by atoms with Crippen LogP contribution in [0.25, 0.3) is 0 Å².